The topological polar surface area (TPSA) is 41.1 Å². The van der Waals surface area contributed by atoms with Crippen molar-refractivity contribution in [2.45, 2.75) is 0 Å². The minimum Gasteiger partial charge on any atom is -0.341 e. The number of hydrogen-bond acceptors (Lipinski definition) is 2. The van der Waals surface area contributed by atoms with Crippen molar-refractivity contribution in [1.29, 1.82) is 0 Å². The molecule has 0 bridgehead atoms. The molecule has 0 spiro atoms. The largest absolute Gasteiger partial charge is 0.341 e. The summed E-state index contributed by atoms with van der Waals surface area (Å²) < 4.78 is 0.475. The summed E-state index contributed by atoms with van der Waals surface area (Å²) in [6.45, 7) is 0. The third kappa shape index (κ3) is 2.03. The lowest BCUT2D eigenvalue weighted by molar-refractivity contribution is 0.254. The summed E-state index contributed by atoms with van der Waals surface area (Å²) in [4.78, 5) is 10.8. The summed E-state index contributed by atoms with van der Waals surface area (Å²) >= 11 is 12.7. The average molecular weight is 225 g/mol. The molecule has 6 heteroatoms. The summed E-state index contributed by atoms with van der Waals surface area (Å²) in [6, 6.07) is -0.314. The van der Waals surface area contributed by atoms with Crippen molar-refractivity contribution in [2.24, 2.45) is 0 Å². The van der Waals surface area contributed by atoms with Crippen LogP contribution in [0.2, 0.25) is 9.36 Å². The summed E-state index contributed by atoms with van der Waals surface area (Å²) in [5.41, 5.74) is 0.533. The van der Waals surface area contributed by atoms with Gasteiger partial charge < -0.3 is 10.6 Å². The SMILES string of the molecule is CNC(=O)Nc1csc(Cl)c1Cl. The average Bonchev–Trinajstić information content (AvgIpc) is 2.36. The molecule has 2 amide bonds. The van der Waals surface area contributed by atoms with Gasteiger partial charge in [-0.05, 0) is 0 Å². The molecular formula is C6H6Cl2N2OS. The lowest BCUT2D eigenvalue weighted by Crippen LogP contribution is -2.24. The highest BCUT2D eigenvalue weighted by molar-refractivity contribution is 7.15. The summed E-state index contributed by atoms with van der Waals surface area (Å²) in [5, 5.41) is 6.99. The van der Waals surface area contributed by atoms with E-state index >= 15 is 0 Å². The maximum Gasteiger partial charge on any atom is 0.319 e. The second-order valence-electron chi connectivity index (χ2n) is 1.94. The zero-order valence-corrected chi connectivity index (χ0v) is 8.48. The molecule has 2 N–H and O–H groups in total. The number of nitrogens with one attached hydrogen (secondary N) is 2. The van der Waals surface area contributed by atoms with Crippen molar-refractivity contribution >= 4 is 46.3 Å². The predicted octanol–water partition coefficient (Wildman–Crippen LogP) is 2.81. The summed E-state index contributed by atoms with van der Waals surface area (Å²) in [6.07, 6.45) is 0. The van der Waals surface area contributed by atoms with E-state index in [1.807, 2.05) is 0 Å². The number of rotatable bonds is 1. The molecule has 1 heterocycles. The van der Waals surface area contributed by atoms with Crippen LogP contribution in [0, 0.1) is 0 Å². The van der Waals surface area contributed by atoms with Crippen molar-refractivity contribution in [1.82, 2.24) is 5.32 Å². The fraction of sp³-hybridized carbons (Fsp3) is 0.167. The van der Waals surface area contributed by atoms with Crippen LogP contribution in [-0.2, 0) is 0 Å². The number of urea groups is 1. The van der Waals surface area contributed by atoms with E-state index in [9.17, 15) is 4.79 Å². The number of carbonyl (C=O) groups is 1. The third-order valence-electron chi connectivity index (χ3n) is 1.16. The van der Waals surface area contributed by atoms with E-state index < -0.39 is 0 Å². The smallest absolute Gasteiger partial charge is 0.319 e. The number of anilines is 1. The molecule has 3 nitrogen and oxygen atoms in total. The Balaban J connectivity index is 2.76. The molecule has 12 heavy (non-hydrogen) atoms. The van der Waals surface area contributed by atoms with Crippen LogP contribution in [-0.4, -0.2) is 13.1 Å². The lowest BCUT2D eigenvalue weighted by atomic mass is 10.5. The Bertz CT molecular complexity index is 300. The molecule has 0 atom stereocenters. The van der Waals surface area contributed by atoms with Gasteiger partial charge in [-0.3, -0.25) is 0 Å². The third-order valence-corrected chi connectivity index (χ3v) is 2.99. The van der Waals surface area contributed by atoms with E-state index in [0.29, 0.717) is 15.0 Å². The lowest BCUT2D eigenvalue weighted by Gasteiger charge is -2.00. The standard InChI is InChI=1S/C6H6Cl2N2OS/c1-9-6(11)10-3-2-12-5(8)4(3)7/h2H,1H3,(H2,9,10,11). The molecule has 0 unspecified atom stereocenters. The first kappa shape index (κ1) is 9.64. The van der Waals surface area contributed by atoms with E-state index in [0.717, 1.165) is 0 Å². The Hall–Kier alpha value is -0.450. The maximum absolute atomic E-state index is 10.8. The number of halogens is 2. The normalized spacial score (nSPS) is 9.58. The van der Waals surface area contributed by atoms with Crippen molar-refractivity contribution < 1.29 is 4.79 Å². The highest BCUT2D eigenvalue weighted by atomic mass is 35.5. The van der Waals surface area contributed by atoms with E-state index in [2.05, 4.69) is 10.6 Å². The van der Waals surface area contributed by atoms with Gasteiger partial charge in [-0.2, -0.15) is 0 Å². The summed E-state index contributed by atoms with van der Waals surface area (Å²) in [7, 11) is 1.53. The van der Waals surface area contributed by atoms with Crippen LogP contribution in [0.25, 0.3) is 0 Å². The van der Waals surface area contributed by atoms with Crippen LogP contribution in [0.5, 0.6) is 0 Å². The number of thiophene rings is 1. The minimum atomic E-state index is -0.314. The Labute approximate surface area is 83.7 Å². The van der Waals surface area contributed by atoms with Gasteiger partial charge in [0.25, 0.3) is 0 Å². The molecule has 0 fully saturated rings. The molecule has 0 saturated heterocycles. The van der Waals surface area contributed by atoms with Gasteiger partial charge >= 0.3 is 6.03 Å². The fourth-order valence-electron chi connectivity index (χ4n) is 0.589. The van der Waals surface area contributed by atoms with Gasteiger partial charge in [0, 0.05) is 12.4 Å². The maximum atomic E-state index is 10.8. The highest BCUT2D eigenvalue weighted by Crippen LogP contribution is 2.35. The second-order valence-corrected chi connectivity index (χ2v) is 3.80. The van der Waals surface area contributed by atoms with Gasteiger partial charge in [0.15, 0.2) is 0 Å². The van der Waals surface area contributed by atoms with E-state index in [4.69, 9.17) is 23.2 Å². The first-order chi connectivity index (χ1) is 5.65. The Morgan fingerprint density at radius 1 is 1.58 bits per heavy atom. The van der Waals surface area contributed by atoms with Crippen LogP contribution in [0.4, 0.5) is 10.5 Å². The Morgan fingerprint density at radius 3 is 2.67 bits per heavy atom. The first-order valence-electron chi connectivity index (χ1n) is 3.06. The van der Waals surface area contributed by atoms with Crippen LogP contribution in [0.1, 0.15) is 0 Å². The zero-order valence-electron chi connectivity index (χ0n) is 6.15. The number of carbonyl (C=O) groups excluding carboxylic acids is 1. The molecule has 66 valence electrons. The Kier molecular flexibility index (Phi) is 3.20. The van der Waals surface area contributed by atoms with Gasteiger partial charge in [-0.25, -0.2) is 4.79 Å². The van der Waals surface area contributed by atoms with Crippen molar-refractivity contribution in [3.8, 4) is 0 Å². The van der Waals surface area contributed by atoms with E-state index in [1.165, 1.54) is 18.4 Å². The van der Waals surface area contributed by atoms with Crippen molar-refractivity contribution in [3.05, 3.63) is 14.7 Å². The number of hydrogen-bond donors (Lipinski definition) is 2. The number of amides is 2. The first-order valence-corrected chi connectivity index (χ1v) is 4.70. The Morgan fingerprint density at radius 2 is 2.25 bits per heavy atom. The molecule has 1 rings (SSSR count). The zero-order chi connectivity index (χ0) is 9.14. The van der Waals surface area contributed by atoms with E-state index in [1.54, 1.807) is 5.38 Å². The molecule has 0 radical (unpaired) electrons. The van der Waals surface area contributed by atoms with E-state index in [-0.39, 0.29) is 6.03 Å². The van der Waals surface area contributed by atoms with Gasteiger partial charge in [0.05, 0.1) is 10.7 Å². The molecule has 1 aromatic rings. The molecule has 0 aliphatic carbocycles. The van der Waals surface area contributed by atoms with Gasteiger partial charge in [0.1, 0.15) is 4.34 Å². The highest BCUT2D eigenvalue weighted by Gasteiger charge is 2.08. The predicted molar refractivity (Wildman–Crippen MR) is 52.4 cm³/mol. The fourth-order valence-corrected chi connectivity index (χ4v) is 1.74. The molecule has 0 aromatic carbocycles. The molecule has 0 aliphatic rings. The van der Waals surface area contributed by atoms with Gasteiger partial charge in [0.2, 0.25) is 0 Å². The van der Waals surface area contributed by atoms with Crippen LogP contribution in [0.3, 0.4) is 0 Å². The van der Waals surface area contributed by atoms with Gasteiger partial charge in [-0.15, -0.1) is 11.3 Å². The van der Waals surface area contributed by atoms with Crippen molar-refractivity contribution in [2.75, 3.05) is 12.4 Å². The molecule has 0 aliphatic heterocycles. The van der Waals surface area contributed by atoms with Gasteiger partial charge in [-0.1, -0.05) is 23.2 Å². The van der Waals surface area contributed by atoms with Crippen LogP contribution < -0.4 is 10.6 Å². The molecular weight excluding hydrogens is 219 g/mol. The quantitative estimate of drug-likeness (QED) is 0.757. The second kappa shape index (κ2) is 3.98. The van der Waals surface area contributed by atoms with Crippen LogP contribution >= 0.6 is 34.5 Å². The molecule has 0 saturated carbocycles. The minimum absolute atomic E-state index is 0.314. The van der Waals surface area contributed by atoms with Crippen molar-refractivity contribution in [3.63, 3.8) is 0 Å². The molecule has 1 aromatic heterocycles. The monoisotopic (exact) mass is 224 g/mol. The van der Waals surface area contributed by atoms with Crippen LogP contribution in [0.15, 0.2) is 5.38 Å². The summed E-state index contributed by atoms with van der Waals surface area (Å²) in [5.74, 6) is 0.